The largest absolute Gasteiger partial charge is 0.315 e. The van der Waals surface area contributed by atoms with Crippen molar-refractivity contribution in [2.24, 2.45) is 4.99 Å². The average molecular weight is 126 g/mol. The second-order valence-corrected chi connectivity index (χ2v) is 1.68. The Kier molecular flexibility index (Phi) is 6.85. The van der Waals surface area contributed by atoms with E-state index in [9.17, 15) is 0 Å². The smallest absolute Gasteiger partial charge is 0.0306 e. The second kappa shape index (κ2) is 7.37. The fourth-order valence-electron chi connectivity index (χ4n) is 0.371. The van der Waals surface area contributed by atoms with Gasteiger partial charge in [0.25, 0.3) is 0 Å². The van der Waals surface area contributed by atoms with E-state index >= 15 is 0 Å². The maximum Gasteiger partial charge on any atom is 0.0306 e. The zero-order valence-electron chi connectivity index (χ0n) is 6.09. The van der Waals surface area contributed by atoms with Crippen molar-refractivity contribution >= 4 is 6.21 Å². The van der Waals surface area contributed by atoms with Crippen LogP contribution in [-0.4, -0.2) is 19.8 Å². The van der Waals surface area contributed by atoms with Gasteiger partial charge in [0.15, 0.2) is 0 Å². The van der Waals surface area contributed by atoms with Crippen LogP contribution in [0.25, 0.3) is 0 Å². The molecule has 0 radical (unpaired) electrons. The molecule has 1 N–H and O–H groups in total. The molecule has 0 unspecified atom stereocenters. The molecule has 0 atom stereocenters. The molecule has 0 aromatic carbocycles. The molecular formula is C7H14N2. The zero-order chi connectivity index (χ0) is 6.95. The average Bonchev–Trinajstić information content (AvgIpc) is 1.89. The summed E-state index contributed by atoms with van der Waals surface area (Å²) < 4.78 is 0. The molecule has 2 heteroatoms. The molecule has 0 amide bonds. The van der Waals surface area contributed by atoms with Crippen LogP contribution in [0.3, 0.4) is 0 Å². The number of aliphatic imine (C=N–C) groups is 1. The molecule has 0 saturated carbocycles. The van der Waals surface area contributed by atoms with Gasteiger partial charge in [0, 0.05) is 19.0 Å². The minimum Gasteiger partial charge on any atom is -0.315 e. The molecule has 0 bridgehead atoms. The highest BCUT2D eigenvalue weighted by atomic mass is 14.8. The van der Waals surface area contributed by atoms with E-state index in [-0.39, 0.29) is 0 Å². The van der Waals surface area contributed by atoms with Crippen molar-refractivity contribution in [1.29, 1.82) is 0 Å². The van der Waals surface area contributed by atoms with E-state index in [1.165, 1.54) is 0 Å². The molecule has 52 valence electrons. The van der Waals surface area contributed by atoms with E-state index in [4.69, 9.17) is 0 Å². The highest BCUT2D eigenvalue weighted by Gasteiger charge is 1.66. The first-order chi connectivity index (χ1) is 4.41. The zero-order valence-corrected chi connectivity index (χ0v) is 6.09. The van der Waals surface area contributed by atoms with Crippen LogP contribution >= 0.6 is 0 Å². The number of nitrogens with one attached hydrogen (secondary N) is 1. The Labute approximate surface area is 56.7 Å². The van der Waals surface area contributed by atoms with Gasteiger partial charge < -0.3 is 5.32 Å². The van der Waals surface area contributed by atoms with Crippen LogP contribution in [0.1, 0.15) is 13.3 Å². The third kappa shape index (κ3) is 7.37. The quantitative estimate of drug-likeness (QED) is 0.562. The third-order valence-corrected chi connectivity index (χ3v) is 0.828. The molecule has 0 heterocycles. The molecule has 0 aliphatic carbocycles. The van der Waals surface area contributed by atoms with Crippen LogP contribution in [0.5, 0.6) is 0 Å². The molecule has 0 aromatic heterocycles. The highest BCUT2D eigenvalue weighted by Crippen LogP contribution is 1.77. The topological polar surface area (TPSA) is 24.4 Å². The summed E-state index contributed by atoms with van der Waals surface area (Å²) in [5, 5.41) is 2.96. The van der Waals surface area contributed by atoms with Crippen molar-refractivity contribution in [2.45, 2.75) is 13.3 Å². The Balaban J connectivity index is 3.13. The van der Waals surface area contributed by atoms with Crippen molar-refractivity contribution in [3.63, 3.8) is 0 Å². The molecule has 0 fully saturated rings. The number of hydrogen-bond donors (Lipinski definition) is 1. The van der Waals surface area contributed by atoms with Crippen molar-refractivity contribution in [1.82, 2.24) is 5.32 Å². The molecule has 0 spiro atoms. The predicted molar refractivity (Wildman–Crippen MR) is 41.8 cm³/mol. The molecule has 2 nitrogen and oxygen atoms in total. The number of allylic oxidation sites excluding steroid dienone is 1. The number of rotatable bonds is 4. The Hall–Kier alpha value is -0.630. The molecule has 0 aliphatic heterocycles. The summed E-state index contributed by atoms with van der Waals surface area (Å²) in [7, 11) is 1.90. The van der Waals surface area contributed by atoms with E-state index in [0.717, 1.165) is 13.0 Å². The second-order valence-electron chi connectivity index (χ2n) is 1.68. The fourth-order valence-corrected chi connectivity index (χ4v) is 0.371. The predicted octanol–water partition coefficient (Wildman–Crippen LogP) is 1.20. The third-order valence-electron chi connectivity index (χ3n) is 0.828. The Morgan fingerprint density at radius 1 is 1.56 bits per heavy atom. The standard InChI is InChI=1S/C7H14N2/c1-3-4-5-9-7-6-8-2/h4-5,7-8H,3,6H2,1-2H3/b5-4-,9-7?. The van der Waals surface area contributed by atoms with Crippen LogP contribution in [0.4, 0.5) is 0 Å². The van der Waals surface area contributed by atoms with Gasteiger partial charge >= 0.3 is 0 Å². The number of hydrogen-bond acceptors (Lipinski definition) is 2. The summed E-state index contributed by atoms with van der Waals surface area (Å²) in [6, 6.07) is 0. The summed E-state index contributed by atoms with van der Waals surface area (Å²) in [4.78, 5) is 3.98. The Morgan fingerprint density at radius 2 is 2.33 bits per heavy atom. The van der Waals surface area contributed by atoms with Gasteiger partial charge in [0.05, 0.1) is 0 Å². The molecule has 0 saturated heterocycles. The summed E-state index contributed by atoms with van der Waals surface area (Å²) in [5.41, 5.74) is 0. The molecule has 0 aromatic rings. The van der Waals surface area contributed by atoms with Gasteiger partial charge in [0.2, 0.25) is 0 Å². The van der Waals surface area contributed by atoms with Gasteiger partial charge in [0.1, 0.15) is 0 Å². The summed E-state index contributed by atoms with van der Waals surface area (Å²) in [6.45, 7) is 2.93. The van der Waals surface area contributed by atoms with Crippen LogP contribution in [0.2, 0.25) is 0 Å². The van der Waals surface area contributed by atoms with Gasteiger partial charge in [-0.2, -0.15) is 0 Å². The highest BCUT2D eigenvalue weighted by molar-refractivity contribution is 5.60. The van der Waals surface area contributed by atoms with E-state index in [1.54, 1.807) is 0 Å². The van der Waals surface area contributed by atoms with Gasteiger partial charge in [-0.15, -0.1) is 0 Å². The van der Waals surface area contributed by atoms with Crippen molar-refractivity contribution < 1.29 is 0 Å². The van der Waals surface area contributed by atoms with Crippen LogP contribution in [0, 0.1) is 0 Å². The molecular weight excluding hydrogens is 112 g/mol. The summed E-state index contributed by atoms with van der Waals surface area (Å²) >= 11 is 0. The van der Waals surface area contributed by atoms with E-state index in [2.05, 4.69) is 17.2 Å². The van der Waals surface area contributed by atoms with Crippen molar-refractivity contribution in [2.75, 3.05) is 13.6 Å². The lowest BCUT2D eigenvalue weighted by molar-refractivity contribution is 0.957. The Bertz CT molecular complexity index is 95.1. The molecule has 0 aliphatic rings. The maximum atomic E-state index is 3.98. The SMILES string of the molecule is CC/C=C\N=CCNC. The minimum atomic E-state index is 0.841. The van der Waals surface area contributed by atoms with E-state index in [1.807, 2.05) is 25.5 Å². The first-order valence-corrected chi connectivity index (χ1v) is 3.23. The van der Waals surface area contributed by atoms with Gasteiger partial charge in [-0.1, -0.05) is 13.0 Å². The van der Waals surface area contributed by atoms with Crippen LogP contribution in [0.15, 0.2) is 17.3 Å². The molecule has 9 heavy (non-hydrogen) atoms. The van der Waals surface area contributed by atoms with Crippen molar-refractivity contribution in [3.05, 3.63) is 12.3 Å². The van der Waals surface area contributed by atoms with Crippen molar-refractivity contribution in [3.8, 4) is 0 Å². The lowest BCUT2D eigenvalue weighted by Gasteiger charge is -1.83. The molecule has 0 rings (SSSR count). The Morgan fingerprint density at radius 3 is 2.89 bits per heavy atom. The van der Waals surface area contributed by atoms with Gasteiger partial charge in [-0.3, -0.25) is 4.99 Å². The van der Waals surface area contributed by atoms with E-state index < -0.39 is 0 Å². The minimum absolute atomic E-state index is 0.841. The number of nitrogens with zero attached hydrogens (tertiary/aromatic N) is 1. The van der Waals surface area contributed by atoms with Gasteiger partial charge in [-0.05, 0) is 13.5 Å². The van der Waals surface area contributed by atoms with E-state index in [0.29, 0.717) is 0 Å². The lowest BCUT2D eigenvalue weighted by Crippen LogP contribution is -2.07. The summed E-state index contributed by atoms with van der Waals surface area (Å²) in [6.07, 6.45) is 6.73. The normalized spacial score (nSPS) is 11.8. The fraction of sp³-hybridized carbons (Fsp3) is 0.571. The first kappa shape index (κ1) is 8.37. The summed E-state index contributed by atoms with van der Waals surface area (Å²) in [5.74, 6) is 0. The van der Waals surface area contributed by atoms with Crippen LogP contribution < -0.4 is 5.32 Å². The lowest BCUT2D eigenvalue weighted by atomic mass is 10.5. The maximum absolute atomic E-state index is 3.98. The van der Waals surface area contributed by atoms with Crippen LogP contribution in [-0.2, 0) is 0 Å². The first-order valence-electron chi connectivity index (χ1n) is 3.23. The van der Waals surface area contributed by atoms with Gasteiger partial charge in [-0.25, -0.2) is 0 Å². The monoisotopic (exact) mass is 126 g/mol.